The summed E-state index contributed by atoms with van der Waals surface area (Å²) in [6.07, 6.45) is 0. The minimum atomic E-state index is 0. The lowest BCUT2D eigenvalue weighted by molar-refractivity contribution is 1.22. The van der Waals surface area contributed by atoms with Gasteiger partial charge in [0.1, 0.15) is 5.82 Å². The van der Waals surface area contributed by atoms with E-state index < -0.39 is 0 Å². The normalized spacial score (nSPS) is 11.0. The minimum Gasteiger partial charge on any atom is -0.310 e. The zero-order chi connectivity index (χ0) is 77.8. The van der Waals surface area contributed by atoms with Crippen molar-refractivity contribution in [1.29, 1.82) is 0 Å². The summed E-state index contributed by atoms with van der Waals surface area (Å²) in [7, 11) is 0. The van der Waals surface area contributed by atoms with Gasteiger partial charge < -0.3 is 9.80 Å². The Kier molecular flexibility index (Phi) is 23.0. The SMILES string of the molecule is Brc1ccc(-c2ccc(N(c3ccc(-c4ccccc4)cc3)c3ccc4sc5ccccc5c4c3)cc2)cc1.Brc1ccc(-c2ccc(N(c3ccc4c(c3)sc3ccccc34)c3cccc4ccccc34)cc2)cc1.Brc1ccc(-c2ccc(N(c3cccc(-c4ccccc4)c3)c3nc4ccccc4c4ccccc34)cc2)cc1.C.C. The van der Waals surface area contributed by atoms with E-state index >= 15 is 0 Å². The number of hydrogen-bond donors (Lipinski definition) is 0. The Labute approximate surface area is 722 Å². The average molecular weight is 1750 g/mol. The van der Waals surface area contributed by atoms with Crippen LogP contribution in [0, 0.1) is 0 Å². The lowest BCUT2D eigenvalue weighted by Gasteiger charge is -2.27. The number of hydrogen-bond acceptors (Lipinski definition) is 6. The fraction of sp³-hybridized carbons (Fsp3) is 0.0183. The fourth-order valence-electron chi connectivity index (χ4n) is 15.7. The zero-order valence-electron chi connectivity index (χ0n) is 62.7. The molecule has 4 nitrogen and oxygen atoms in total. The highest BCUT2D eigenvalue weighted by atomic mass is 79.9. The molecule has 0 aliphatic heterocycles. The van der Waals surface area contributed by atoms with Gasteiger partial charge in [0, 0.05) is 110 Å². The Balaban J connectivity index is 0.000000126. The second-order valence-corrected chi connectivity index (χ2v) is 33.5. The molecular weight excluding hydrogens is 1670 g/mol. The average Bonchev–Trinajstić information content (AvgIpc) is 1.58. The lowest BCUT2D eigenvalue weighted by Crippen LogP contribution is -2.12. The molecule has 21 rings (SSSR count). The quantitative estimate of drug-likeness (QED) is 0.101. The molecule has 0 saturated carbocycles. The number of anilines is 9. The first-order valence-electron chi connectivity index (χ1n) is 38.6. The highest BCUT2D eigenvalue weighted by Crippen LogP contribution is 2.47. The molecule has 3 heterocycles. The van der Waals surface area contributed by atoms with Crippen LogP contribution in [0.1, 0.15) is 14.9 Å². The van der Waals surface area contributed by atoms with Gasteiger partial charge in [-0.3, -0.25) is 4.90 Å². The third-order valence-corrected chi connectivity index (χ3v) is 25.3. The third-order valence-electron chi connectivity index (χ3n) is 21.4. The van der Waals surface area contributed by atoms with Gasteiger partial charge in [-0.1, -0.05) is 342 Å². The maximum absolute atomic E-state index is 5.27. The molecule has 0 bridgehead atoms. The Bertz CT molecular complexity index is 7080. The van der Waals surface area contributed by atoms with Crippen molar-refractivity contribution in [3.8, 4) is 55.6 Å². The molecule has 18 aromatic carbocycles. The highest BCUT2D eigenvalue weighted by Gasteiger charge is 2.23. The van der Waals surface area contributed by atoms with Gasteiger partial charge in [0.15, 0.2) is 0 Å². The van der Waals surface area contributed by atoms with Gasteiger partial charge in [0.05, 0.1) is 11.2 Å². The fourth-order valence-corrected chi connectivity index (χ4v) is 18.7. The maximum atomic E-state index is 5.27. The van der Waals surface area contributed by atoms with Crippen LogP contribution < -0.4 is 14.7 Å². The van der Waals surface area contributed by atoms with E-state index in [4.69, 9.17) is 4.98 Å². The van der Waals surface area contributed by atoms with Gasteiger partial charge in [-0.25, -0.2) is 4.98 Å². The van der Waals surface area contributed by atoms with Crippen molar-refractivity contribution in [1.82, 2.24) is 4.98 Å². The van der Waals surface area contributed by atoms with Gasteiger partial charge in [-0.15, -0.1) is 22.7 Å². The summed E-state index contributed by atoms with van der Waals surface area (Å²) in [5.41, 5.74) is 21.9. The molecule has 568 valence electrons. The molecular formula is C109H79Br3N4S2. The standard InChI is InChI=1S/C37H25BrN2.C36H24BrNS.C34H22BrNS.2CH4/c38-30-21-17-27(18-22-30)28-19-23-31(24-20-28)40(32-12-8-11-29(25-32)26-9-2-1-3-10-26)37-35-15-5-4-13-33(35)34-14-6-7-16-36(34)39-37;37-29-16-10-26(11-17-29)28-14-20-31(21-15-28)38(30-18-12-27(13-19-30)25-6-2-1-3-7-25)32-22-23-36-34(24-32)33-8-4-5-9-35(33)39-36;35-26-16-12-23(13-17-26)24-14-18-27(19-15-24)36(32-10-5-7-25-6-1-2-8-29(25)32)28-20-21-31-30-9-3-4-11-33(30)37-34(31)22-28;;/h1-25H;1-24H;1-22H;2*1H4. The molecule has 0 saturated heterocycles. The van der Waals surface area contributed by atoms with E-state index in [1.807, 2.05) is 22.7 Å². The second-order valence-electron chi connectivity index (χ2n) is 28.6. The number of pyridine rings is 1. The van der Waals surface area contributed by atoms with Crippen LogP contribution in [0.5, 0.6) is 0 Å². The highest BCUT2D eigenvalue weighted by molar-refractivity contribution is 9.11. The summed E-state index contributed by atoms with van der Waals surface area (Å²) < 4.78 is 8.51. The van der Waals surface area contributed by atoms with Crippen molar-refractivity contribution in [2.24, 2.45) is 0 Å². The predicted octanol–water partition coefficient (Wildman–Crippen LogP) is 35.0. The van der Waals surface area contributed by atoms with Crippen LogP contribution in [0.4, 0.5) is 51.3 Å². The van der Waals surface area contributed by atoms with Gasteiger partial charge in [0.25, 0.3) is 0 Å². The second kappa shape index (κ2) is 34.9. The summed E-state index contributed by atoms with van der Waals surface area (Å²) in [5, 5.41) is 11.2. The van der Waals surface area contributed by atoms with Crippen molar-refractivity contribution in [3.05, 3.63) is 444 Å². The van der Waals surface area contributed by atoms with E-state index in [1.54, 1.807) is 0 Å². The van der Waals surface area contributed by atoms with Crippen LogP contribution >= 0.6 is 70.5 Å². The number of nitrogens with zero attached hydrogens (tertiary/aromatic N) is 4. The van der Waals surface area contributed by atoms with Crippen LogP contribution in [0.2, 0.25) is 0 Å². The summed E-state index contributed by atoms with van der Waals surface area (Å²) in [6.45, 7) is 0. The van der Waals surface area contributed by atoms with Crippen molar-refractivity contribution in [2.75, 3.05) is 14.7 Å². The Hall–Kier alpha value is -12.8. The number of para-hydroxylation sites is 1. The van der Waals surface area contributed by atoms with Crippen LogP contribution in [-0.4, -0.2) is 4.98 Å². The van der Waals surface area contributed by atoms with Crippen molar-refractivity contribution in [3.63, 3.8) is 0 Å². The molecule has 0 spiro atoms. The predicted molar refractivity (Wildman–Crippen MR) is 523 cm³/mol. The summed E-state index contributed by atoms with van der Waals surface area (Å²) in [4.78, 5) is 12.3. The van der Waals surface area contributed by atoms with Crippen LogP contribution in [-0.2, 0) is 0 Å². The van der Waals surface area contributed by atoms with E-state index in [2.05, 4.69) is 493 Å². The molecule has 0 unspecified atom stereocenters. The smallest absolute Gasteiger partial charge is 0.146 e. The van der Waals surface area contributed by atoms with Crippen molar-refractivity contribution in [2.45, 2.75) is 14.9 Å². The van der Waals surface area contributed by atoms with Gasteiger partial charge in [0.2, 0.25) is 0 Å². The largest absolute Gasteiger partial charge is 0.310 e. The van der Waals surface area contributed by atoms with E-state index in [-0.39, 0.29) is 14.9 Å². The summed E-state index contributed by atoms with van der Waals surface area (Å²) >= 11 is 14.3. The van der Waals surface area contributed by atoms with Crippen molar-refractivity contribution < 1.29 is 0 Å². The zero-order valence-corrected chi connectivity index (χ0v) is 69.1. The Morgan fingerprint density at radius 3 is 1.08 bits per heavy atom. The number of benzene rings is 18. The lowest BCUT2D eigenvalue weighted by atomic mass is 10.0. The minimum absolute atomic E-state index is 0. The summed E-state index contributed by atoms with van der Waals surface area (Å²) in [5.74, 6) is 0.913. The van der Waals surface area contributed by atoms with Crippen LogP contribution in [0.3, 0.4) is 0 Å². The molecule has 0 N–H and O–H groups in total. The number of aromatic nitrogens is 1. The number of fused-ring (bicyclic) bond motifs is 10. The van der Waals surface area contributed by atoms with Crippen LogP contribution in [0.25, 0.3) is 128 Å². The van der Waals surface area contributed by atoms with E-state index in [0.717, 1.165) is 75.3 Å². The molecule has 0 radical (unpaired) electrons. The molecule has 0 amide bonds. The van der Waals surface area contributed by atoms with Crippen molar-refractivity contribution >= 4 is 195 Å². The molecule has 0 atom stereocenters. The molecule has 118 heavy (non-hydrogen) atoms. The molecule has 0 fully saturated rings. The van der Waals surface area contributed by atoms with Gasteiger partial charge >= 0.3 is 0 Å². The first-order chi connectivity index (χ1) is 57.2. The molecule has 21 aromatic rings. The molecule has 9 heteroatoms. The van der Waals surface area contributed by atoms with E-state index in [0.29, 0.717) is 0 Å². The monoisotopic (exact) mass is 1740 g/mol. The van der Waals surface area contributed by atoms with Gasteiger partial charge in [-0.2, -0.15) is 0 Å². The first-order valence-corrected chi connectivity index (χ1v) is 42.6. The van der Waals surface area contributed by atoms with Crippen LogP contribution in [0.15, 0.2) is 444 Å². The topological polar surface area (TPSA) is 22.6 Å². The Morgan fingerprint density at radius 2 is 0.534 bits per heavy atom. The molecule has 0 aliphatic carbocycles. The number of thiophene rings is 2. The van der Waals surface area contributed by atoms with E-state index in [9.17, 15) is 0 Å². The Morgan fingerprint density at radius 1 is 0.195 bits per heavy atom. The maximum Gasteiger partial charge on any atom is 0.146 e. The van der Waals surface area contributed by atoms with E-state index in [1.165, 1.54) is 118 Å². The molecule has 3 aromatic heterocycles. The number of rotatable bonds is 14. The first kappa shape index (κ1) is 77.7. The summed E-state index contributed by atoms with van der Waals surface area (Å²) in [6, 6.07) is 154. The third kappa shape index (κ3) is 16.2. The molecule has 0 aliphatic rings. The number of halogens is 3. The van der Waals surface area contributed by atoms with Gasteiger partial charge in [-0.05, 0) is 218 Å².